The van der Waals surface area contributed by atoms with E-state index < -0.39 is 0 Å². The smallest absolute Gasteiger partial charge is 0.157 e. The molecule has 0 spiro atoms. The minimum Gasteiger partial charge on any atom is -0.393 e. The van der Waals surface area contributed by atoms with Gasteiger partial charge >= 0.3 is 0 Å². The zero-order chi connectivity index (χ0) is 12.3. The summed E-state index contributed by atoms with van der Waals surface area (Å²) >= 11 is 9.21. The van der Waals surface area contributed by atoms with Crippen molar-refractivity contribution in [1.82, 2.24) is 9.97 Å². The van der Waals surface area contributed by atoms with Crippen molar-refractivity contribution in [2.45, 2.75) is 6.54 Å². The lowest BCUT2D eigenvalue weighted by Gasteiger charge is -2.08. The Bertz CT molecular complexity index is 533. The summed E-state index contributed by atoms with van der Waals surface area (Å²) in [5.41, 5.74) is 7.23. The van der Waals surface area contributed by atoms with Gasteiger partial charge in [0.15, 0.2) is 11.0 Å². The number of benzene rings is 1. The van der Waals surface area contributed by atoms with Crippen LogP contribution < -0.4 is 11.1 Å². The lowest BCUT2D eigenvalue weighted by Crippen LogP contribution is -2.05. The number of nitrogens with two attached hydrogens (primary N) is 1. The maximum absolute atomic E-state index is 5.80. The quantitative estimate of drug-likeness (QED) is 0.855. The van der Waals surface area contributed by atoms with Crippen molar-refractivity contribution in [3.8, 4) is 0 Å². The van der Waals surface area contributed by atoms with Crippen molar-refractivity contribution >= 4 is 39.0 Å². The fourth-order valence-electron chi connectivity index (χ4n) is 1.35. The third kappa shape index (κ3) is 3.08. The van der Waals surface area contributed by atoms with Crippen LogP contribution in [0.25, 0.3) is 0 Å². The summed E-state index contributed by atoms with van der Waals surface area (Å²) in [4.78, 5) is 7.82. The Balaban J connectivity index is 2.10. The van der Waals surface area contributed by atoms with E-state index in [9.17, 15) is 0 Å². The van der Waals surface area contributed by atoms with E-state index in [-0.39, 0.29) is 5.15 Å². The van der Waals surface area contributed by atoms with Gasteiger partial charge in [-0.1, -0.05) is 39.7 Å². The van der Waals surface area contributed by atoms with Gasteiger partial charge in [-0.15, -0.1) is 0 Å². The average molecular weight is 314 g/mol. The largest absolute Gasteiger partial charge is 0.393 e. The maximum atomic E-state index is 5.80. The number of halogens is 2. The molecule has 4 nitrogen and oxygen atoms in total. The van der Waals surface area contributed by atoms with Gasteiger partial charge in [0.1, 0.15) is 12.0 Å². The van der Waals surface area contributed by atoms with Crippen LogP contribution in [0.1, 0.15) is 5.56 Å². The molecule has 1 aromatic heterocycles. The number of nitrogens with one attached hydrogen (secondary N) is 1. The van der Waals surface area contributed by atoms with Gasteiger partial charge in [-0.25, -0.2) is 9.97 Å². The Morgan fingerprint density at radius 2 is 2.18 bits per heavy atom. The fraction of sp³-hybridized carbons (Fsp3) is 0.0909. The molecule has 0 fully saturated rings. The molecule has 1 aromatic carbocycles. The number of hydrogen-bond acceptors (Lipinski definition) is 4. The van der Waals surface area contributed by atoms with Crippen molar-refractivity contribution in [2.24, 2.45) is 0 Å². The molecule has 0 saturated heterocycles. The average Bonchev–Trinajstić information content (AvgIpc) is 2.31. The van der Waals surface area contributed by atoms with Crippen LogP contribution >= 0.6 is 27.5 Å². The summed E-state index contributed by atoms with van der Waals surface area (Å²) in [6, 6.07) is 7.97. The van der Waals surface area contributed by atoms with Crippen LogP contribution in [-0.4, -0.2) is 9.97 Å². The number of aromatic nitrogens is 2. The fourth-order valence-corrected chi connectivity index (χ4v) is 1.93. The second kappa shape index (κ2) is 5.33. The predicted molar refractivity (Wildman–Crippen MR) is 72.9 cm³/mol. The zero-order valence-electron chi connectivity index (χ0n) is 8.82. The molecule has 2 rings (SSSR count). The summed E-state index contributed by atoms with van der Waals surface area (Å²) < 4.78 is 1.03. The molecule has 0 atom stereocenters. The first-order chi connectivity index (χ1) is 8.16. The second-order valence-electron chi connectivity index (χ2n) is 3.41. The van der Waals surface area contributed by atoms with Gasteiger partial charge in [-0.05, 0) is 17.7 Å². The number of anilines is 2. The predicted octanol–water partition coefficient (Wildman–Crippen LogP) is 3.09. The summed E-state index contributed by atoms with van der Waals surface area (Å²) in [5, 5.41) is 3.38. The van der Waals surface area contributed by atoms with E-state index >= 15 is 0 Å². The molecule has 17 heavy (non-hydrogen) atoms. The van der Waals surface area contributed by atoms with Crippen molar-refractivity contribution in [3.63, 3.8) is 0 Å². The van der Waals surface area contributed by atoms with Crippen LogP contribution in [-0.2, 0) is 6.54 Å². The second-order valence-corrected chi connectivity index (χ2v) is 4.68. The lowest BCUT2D eigenvalue weighted by atomic mass is 10.2. The Morgan fingerprint density at radius 1 is 1.35 bits per heavy atom. The van der Waals surface area contributed by atoms with Crippen LogP contribution in [0.3, 0.4) is 0 Å². The standard InChI is InChI=1S/C11H10BrClN4/c12-8-3-1-2-7(4-8)5-15-11-9(14)10(13)16-6-17-11/h1-4,6H,5,14H2,(H,15,16,17). The lowest BCUT2D eigenvalue weighted by molar-refractivity contribution is 1.08. The van der Waals surface area contributed by atoms with Crippen LogP contribution in [0, 0.1) is 0 Å². The van der Waals surface area contributed by atoms with E-state index in [0.29, 0.717) is 18.1 Å². The number of hydrogen-bond donors (Lipinski definition) is 2. The molecule has 0 saturated carbocycles. The molecular formula is C11H10BrClN4. The first kappa shape index (κ1) is 12.1. The van der Waals surface area contributed by atoms with Gasteiger partial charge in [0.2, 0.25) is 0 Å². The van der Waals surface area contributed by atoms with Gasteiger partial charge < -0.3 is 11.1 Å². The van der Waals surface area contributed by atoms with Crippen molar-refractivity contribution < 1.29 is 0 Å². The van der Waals surface area contributed by atoms with Gasteiger partial charge in [0, 0.05) is 11.0 Å². The molecule has 0 amide bonds. The maximum Gasteiger partial charge on any atom is 0.157 e. The molecule has 88 valence electrons. The third-order valence-corrected chi connectivity index (χ3v) is 2.98. The van der Waals surface area contributed by atoms with Crippen LogP contribution in [0.15, 0.2) is 35.1 Å². The summed E-state index contributed by atoms with van der Waals surface area (Å²) in [5.74, 6) is 0.546. The monoisotopic (exact) mass is 312 g/mol. The summed E-state index contributed by atoms with van der Waals surface area (Å²) in [6.07, 6.45) is 1.38. The molecular weight excluding hydrogens is 304 g/mol. The van der Waals surface area contributed by atoms with E-state index in [2.05, 4.69) is 31.2 Å². The van der Waals surface area contributed by atoms with E-state index in [1.807, 2.05) is 24.3 Å². The Morgan fingerprint density at radius 3 is 2.94 bits per heavy atom. The van der Waals surface area contributed by atoms with Crippen molar-refractivity contribution in [2.75, 3.05) is 11.1 Å². The topological polar surface area (TPSA) is 63.8 Å². The Labute approximate surface area is 112 Å². The molecule has 0 bridgehead atoms. The molecule has 6 heteroatoms. The molecule has 0 aliphatic carbocycles. The van der Waals surface area contributed by atoms with Gasteiger partial charge in [0.05, 0.1) is 0 Å². The zero-order valence-corrected chi connectivity index (χ0v) is 11.2. The van der Waals surface area contributed by atoms with E-state index in [0.717, 1.165) is 10.0 Å². The van der Waals surface area contributed by atoms with E-state index in [4.69, 9.17) is 17.3 Å². The number of rotatable bonds is 3. The van der Waals surface area contributed by atoms with Crippen molar-refractivity contribution in [3.05, 3.63) is 45.8 Å². The van der Waals surface area contributed by atoms with Crippen molar-refractivity contribution in [1.29, 1.82) is 0 Å². The first-order valence-electron chi connectivity index (χ1n) is 4.91. The van der Waals surface area contributed by atoms with Gasteiger partial charge in [-0.3, -0.25) is 0 Å². The van der Waals surface area contributed by atoms with Crippen LogP contribution in [0.2, 0.25) is 5.15 Å². The normalized spacial score (nSPS) is 10.2. The number of nitrogens with zero attached hydrogens (tertiary/aromatic N) is 2. The Kier molecular flexibility index (Phi) is 3.81. The molecule has 3 N–H and O–H groups in total. The van der Waals surface area contributed by atoms with Gasteiger partial charge in [-0.2, -0.15) is 0 Å². The first-order valence-corrected chi connectivity index (χ1v) is 6.08. The SMILES string of the molecule is Nc1c(Cl)ncnc1NCc1cccc(Br)c1. The van der Waals surface area contributed by atoms with Gasteiger partial charge in [0.25, 0.3) is 0 Å². The van der Waals surface area contributed by atoms with E-state index in [1.54, 1.807) is 0 Å². The molecule has 1 heterocycles. The van der Waals surface area contributed by atoms with Crippen LogP contribution in [0.5, 0.6) is 0 Å². The molecule has 0 aliphatic heterocycles. The Hall–Kier alpha value is -1.33. The summed E-state index contributed by atoms with van der Waals surface area (Å²) in [7, 11) is 0. The minimum atomic E-state index is 0.261. The molecule has 0 unspecified atom stereocenters. The molecule has 0 aliphatic rings. The summed E-state index contributed by atoms with van der Waals surface area (Å²) in [6.45, 7) is 0.622. The van der Waals surface area contributed by atoms with E-state index in [1.165, 1.54) is 6.33 Å². The molecule has 0 radical (unpaired) electrons. The highest BCUT2D eigenvalue weighted by atomic mass is 79.9. The highest BCUT2D eigenvalue weighted by molar-refractivity contribution is 9.10. The highest BCUT2D eigenvalue weighted by Gasteiger charge is 2.05. The van der Waals surface area contributed by atoms with Crippen LogP contribution in [0.4, 0.5) is 11.5 Å². The minimum absolute atomic E-state index is 0.261. The highest BCUT2D eigenvalue weighted by Crippen LogP contribution is 2.22. The third-order valence-electron chi connectivity index (χ3n) is 2.18. The molecule has 2 aromatic rings. The number of nitrogen functional groups attached to an aromatic ring is 1.